The van der Waals surface area contributed by atoms with E-state index in [4.69, 9.17) is 4.74 Å². The fourth-order valence-electron chi connectivity index (χ4n) is 1.39. The Morgan fingerprint density at radius 1 is 1.36 bits per heavy atom. The molecule has 0 bridgehead atoms. The molecule has 0 radical (unpaired) electrons. The molecule has 0 fully saturated rings. The first-order valence-electron chi connectivity index (χ1n) is 4.65. The maximum atomic E-state index is 5.33. The van der Waals surface area contributed by atoms with Crippen molar-refractivity contribution in [3.05, 3.63) is 18.0 Å². The normalized spacial score (nSPS) is 10.8. The Morgan fingerprint density at radius 3 is 2.86 bits per heavy atom. The Hall–Kier alpha value is -1.58. The summed E-state index contributed by atoms with van der Waals surface area (Å²) >= 11 is 0. The quantitative estimate of drug-likeness (QED) is 0.725. The van der Waals surface area contributed by atoms with Gasteiger partial charge < -0.3 is 9.30 Å². The fourth-order valence-corrected chi connectivity index (χ4v) is 1.39. The number of fused-ring (bicyclic) bond motifs is 1. The lowest BCUT2D eigenvalue weighted by atomic mass is 10.4. The molecule has 0 atom stereocenters. The summed E-state index contributed by atoms with van der Waals surface area (Å²) < 4.78 is 7.28. The summed E-state index contributed by atoms with van der Waals surface area (Å²) in [5.74, 6) is 1.61. The van der Waals surface area contributed by atoms with E-state index in [1.165, 1.54) is 0 Å². The summed E-state index contributed by atoms with van der Waals surface area (Å²) in [6.07, 6.45) is 0. The van der Waals surface area contributed by atoms with Crippen LogP contribution in [0, 0.1) is 6.92 Å². The van der Waals surface area contributed by atoms with Gasteiger partial charge in [0, 0.05) is 13.1 Å². The van der Waals surface area contributed by atoms with E-state index in [1.54, 1.807) is 0 Å². The minimum atomic E-state index is 0.634. The van der Waals surface area contributed by atoms with Gasteiger partial charge in [0.2, 0.25) is 5.88 Å². The molecule has 0 unspecified atom stereocenters. The third-order valence-electron chi connectivity index (χ3n) is 2.21. The second-order valence-electron chi connectivity index (χ2n) is 3.14. The molecule has 4 heteroatoms. The smallest absolute Gasteiger partial charge is 0.215 e. The minimum absolute atomic E-state index is 0.634. The van der Waals surface area contributed by atoms with Crippen molar-refractivity contribution in [2.45, 2.75) is 13.8 Å². The lowest BCUT2D eigenvalue weighted by molar-refractivity contribution is 0.328. The van der Waals surface area contributed by atoms with Crippen molar-refractivity contribution < 1.29 is 4.74 Å². The van der Waals surface area contributed by atoms with Gasteiger partial charge in [-0.1, -0.05) is 0 Å². The zero-order chi connectivity index (χ0) is 10.1. The Morgan fingerprint density at radius 2 is 2.14 bits per heavy atom. The first-order valence-corrected chi connectivity index (χ1v) is 4.65. The highest BCUT2D eigenvalue weighted by Crippen LogP contribution is 2.16. The molecule has 0 aliphatic rings. The van der Waals surface area contributed by atoms with E-state index >= 15 is 0 Å². The number of pyridine rings is 1. The van der Waals surface area contributed by atoms with E-state index in [9.17, 15) is 0 Å². The number of hydrogen-bond acceptors (Lipinski definition) is 3. The van der Waals surface area contributed by atoms with Gasteiger partial charge in [0.1, 0.15) is 11.3 Å². The summed E-state index contributed by atoms with van der Waals surface area (Å²) in [5.41, 5.74) is 1.78. The van der Waals surface area contributed by atoms with Crippen molar-refractivity contribution in [3.8, 4) is 5.88 Å². The average Bonchev–Trinajstić information content (AvgIpc) is 2.45. The van der Waals surface area contributed by atoms with Crippen molar-refractivity contribution in [2.24, 2.45) is 7.05 Å². The minimum Gasteiger partial charge on any atom is -0.478 e. The summed E-state index contributed by atoms with van der Waals surface area (Å²) in [4.78, 5) is 8.72. The SMILES string of the molecule is CCOc1ccc2nc(C)n(C)c2n1. The number of ether oxygens (including phenoxy) is 1. The van der Waals surface area contributed by atoms with Gasteiger partial charge in [-0.05, 0) is 19.9 Å². The molecule has 2 rings (SSSR count). The summed E-state index contributed by atoms with van der Waals surface area (Å²) in [5, 5.41) is 0. The zero-order valence-electron chi connectivity index (χ0n) is 8.61. The van der Waals surface area contributed by atoms with Crippen molar-refractivity contribution in [2.75, 3.05) is 6.61 Å². The van der Waals surface area contributed by atoms with Crippen LogP contribution in [0.5, 0.6) is 5.88 Å². The summed E-state index contributed by atoms with van der Waals surface area (Å²) in [6.45, 7) is 4.54. The zero-order valence-corrected chi connectivity index (χ0v) is 8.61. The van der Waals surface area contributed by atoms with Gasteiger partial charge in [-0.15, -0.1) is 0 Å². The monoisotopic (exact) mass is 191 g/mol. The van der Waals surface area contributed by atoms with Gasteiger partial charge in [0.25, 0.3) is 0 Å². The highest BCUT2D eigenvalue weighted by atomic mass is 16.5. The molecule has 0 aliphatic carbocycles. The van der Waals surface area contributed by atoms with Crippen molar-refractivity contribution in [3.63, 3.8) is 0 Å². The van der Waals surface area contributed by atoms with E-state index in [2.05, 4.69) is 9.97 Å². The van der Waals surface area contributed by atoms with Crippen LogP contribution < -0.4 is 4.74 Å². The van der Waals surface area contributed by atoms with E-state index in [0.29, 0.717) is 12.5 Å². The highest BCUT2D eigenvalue weighted by Gasteiger charge is 2.06. The Bertz CT molecular complexity index is 462. The van der Waals surface area contributed by atoms with Crippen LogP contribution in [-0.2, 0) is 7.05 Å². The van der Waals surface area contributed by atoms with Crippen molar-refractivity contribution in [1.29, 1.82) is 0 Å². The number of aromatic nitrogens is 3. The van der Waals surface area contributed by atoms with Gasteiger partial charge >= 0.3 is 0 Å². The molecule has 0 saturated heterocycles. The van der Waals surface area contributed by atoms with Crippen LogP contribution in [0.2, 0.25) is 0 Å². The Balaban J connectivity index is 2.58. The van der Waals surface area contributed by atoms with Crippen LogP contribution >= 0.6 is 0 Å². The van der Waals surface area contributed by atoms with E-state index in [0.717, 1.165) is 17.0 Å². The third kappa shape index (κ3) is 1.32. The summed E-state index contributed by atoms with van der Waals surface area (Å²) in [6, 6.07) is 3.78. The molecule has 2 heterocycles. The first-order chi connectivity index (χ1) is 6.72. The van der Waals surface area contributed by atoms with E-state index < -0.39 is 0 Å². The molecule has 0 N–H and O–H groups in total. The third-order valence-corrected chi connectivity index (χ3v) is 2.21. The van der Waals surface area contributed by atoms with E-state index in [1.807, 2.05) is 37.6 Å². The number of hydrogen-bond donors (Lipinski definition) is 0. The van der Waals surface area contributed by atoms with E-state index in [-0.39, 0.29) is 0 Å². The van der Waals surface area contributed by atoms with Gasteiger partial charge in [-0.25, -0.2) is 4.98 Å². The van der Waals surface area contributed by atoms with Gasteiger partial charge in [-0.2, -0.15) is 4.98 Å². The topological polar surface area (TPSA) is 39.9 Å². The molecule has 14 heavy (non-hydrogen) atoms. The lowest BCUT2D eigenvalue weighted by Gasteiger charge is -2.01. The number of aryl methyl sites for hydroxylation is 2. The Labute approximate surface area is 82.5 Å². The Kier molecular flexibility index (Phi) is 2.11. The number of imidazole rings is 1. The van der Waals surface area contributed by atoms with Crippen LogP contribution in [0.4, 0.5) is 0 Å². The van der Waals surface area contributed by atoms with Crippen LogP contribution in [0.1, 0.15) is 12.7 Å². The maximum Gasteiger partial charge on any atom is 0.215 e. The molecule has 2 aromatic rings. The highest BCUT2D eigenvalue weighted by molar-refractivity contribution is 5.72. The fraction of sp³-hybridized carbons (Fsp3) is 0.400. The molecule has 4 nitrogen and oxygen atoms in total. The maximum absolute atomic E-state index is 5.33. The molecule has 0 spiro atoms. The molecule has 0 amide bonds. The molecule has 0 saturated carbocycles. The average molecular weight is 191 g/mol. The predicted molar refractivity (Wildman–Crippen MR) is 54.4 cm³/mol. The molecule has 0 aromatic carbocycles. The molecule has 2 aromatic heterocycles. The standard InChI is InChI=1S/C10H13N3O/c1-4-14-9-6-5-8-10(12-9)13(3)7(2)11-8/h5-6H,4H2,1-3H3. The van der Waals surface area contributed by atoms with Crippen LogP contribution in [-0.4, -0.2) is 21.1 Å². The van der Waals surface area contributed by atoms with Gasteiger partial charge in [-0.3, -0.25) is 0 Å². The number of rotatable bonds is 2. The van der Waals surface area contributed by atoms with Crippen LogP contribution in [0.25, 0.3) is 11.2 Å². The molecular weight excluding hydrogens is 178 g/mol. The molecular formula is C10H13N3O. The van der Waals surface area contributed by atoms with Crippen LogP contribution in [0.15, 0.2) is 12.1 Å². The molecule has 74 valence electrons. The first kappa shape index (κ1) is 8.99. The van der Waals surface area contributed by atoms with Crippen molar-refractivity contribution in [1.82, 2.24) is 14.5 Å². The summed E-state index contributed by atoms with van der Waals surface area (Å²) in [7, 11) is 1.95. The van der Waals surface area contributed by atoms with Gasteiger partial charge in [0.15, 0.2) is 5.65 Å². The van der Waals surface area contributed by atoms with Crippen molar-refractivity contribution >= 4 is 11.2 Å². The second-order valence-corrected chi connectivity index (χ2v) is 3.14. The number of nitrogens with zero attached hydrogens (tertiary/aromatic N) is 3. The molecule has 0 aliphatic heterocycles. The lowest BCUT2D eigenvalue weighted by Crippen LogP contribution is -1.96. The second kappa shape index (κ2) is 3.29. The predicted octanol–water partition coefficient (Wildman–Crippen LogP) is 1.68. The van der Waals surface area contributed by atoms with Gasteiger partial charge in [0.05, 0.1) is 6.61 Å². The van der Waals surface area contributed by atoms with Crippen LogP contribution in [0.3, 0.4) is 0 Å². The largest absolute Gasteiger partial charge is 0.478 e.